The van der Waals surface area contributed by atoms with E-state index >= 15 is 0 Å². The monoisotopic (exact) mass is 252 g/mol. The van der Waals surface area contributed by atoms with Crippen molar-refractivity contribution in [2.24, 2.45) is 0 Å². The molecule has 6 nitrogen and oxygen atoms in total. The Labute approximate surface area is 84.9 Å². The van der Waals surface area contributed by atoms with Gasteiger partial charge in [0, 0.05) is 7.11 Å². The van der Waals surface area contributed by atoms with E-state index in [1.807, 2.05) is 0 Å². The molecule has 0 aromatic rings. The van der Waals surface area contributed by atoms with Gasteiger partial charge in [-0.05, 0) is 0 Å². The van der Waals surface area contributed by atoms with E-state index in [0.29, 0.717) is 0 Å². The average molecular weight is 252 g/mol. The topological polar surface area (TPSA) is 76.7 Å². The summed E-state index contributed by atoms with van der Waals surface area (Å²) in [5, 5.41) is 0. The SMILES string of the molecule is COCCONS(=O)(=O)NCC(F)(F)F. The van der Waals surface area contributed by atoms with Gasteiger partial charge in [0.05, 0.1) is 13.2 Å². The third kappa shape index (κ3) is 9.87. The fourth-order valence-corrected chi connectivity index (χ4v) is 1.10. The van der Waals surface area contributed by atoms with Gasteiger partial charge in [0.2, 0.25) is 0 Å². The van der Waals surface area contributed by atoms with Crippen LogP contribution in [0.5, 0.6) is 0 Å². The Morgan fingerprint density at radius 1 is 1.27 bits per heavy atom. The fraction of sp³-hybridized carbons (Fsp3) is 1.00. The van der Waals surface area contributed by atoms with E-state index < -0.39 is 22.9 Å². The van der Waals surface area contributed by atoms with Gasteiger partial charge in [-0.15, -0.1) is 0 Å². The number of alkyl halides is 3. The zero-order valence-corrected chi connectivity index (χ0v) is 8.61. The van der Waals surface area contributed by atoms with E-state index in [4.69, 9.17) is 0 Å². The highest BCUT2D eigenvalue weighted by atomic mass is 32.2. The second-order valence-electron chi connectivity index (χ2n) is 2.36. The molecule has 2 N–H and O–H groups in total. The quantitative estimate of drug-likeness (QED) is 0.475. The summed E-state index contributed by atoms with van der Waals surface area (Å²) in [6, 6.07) is 0. The Balaban J connectivity index is 3.78. The smallest absolute Gasteiger partial charge is 0.382 e. The molecule has 0 bridgehead atoms. The highest BCUT2D eigenvalue weighted by Gasteiger charge is 2.29. The molecule has 0 heterocycles. The summed E-state index contributed by atoms with van der Waals surface area (Å²) in [6.07, 6.45) is -4.61. The first-order valence-electron chi connectivity index (χ1n) is 3.71. The molecule has 0 spiro atoms. The maximum absolute atomic E-state index is 11.6. The van der Waals surface area contributed by atoms with Gasteiger partial charge in [-0.1, -0.05) is 4.89 Å². The number of methoxy groups -OCH3 is 1. The van der Waals surface area contributed by atoms with E-state index in [1.165, 1.54) is 16.7 Å². The standard InChI is InChI=1S/C5H11F3N2O4S/c1-13-2-3-14-10-15(11,12)9-4-5(6,7)8/h9-10H,2-4H2,1H3. The van der Waals surface area contributed by atoms with Crippen molar-refractivity contribution in [1.82, 2.24) is 9.61 Å². The van der Waals surface area contributed by atoms with Gasteiger partial charge in [0.1, 0.15) is 6.54 Å². The maximum Gasteiger partial charge on any atom is 0.402 e. The van der Waals surface area contributed by atoms with Crippen LogP contribution in [0.25, 0.3) is 0 Å². The van der Waals surface area contributed by atoms with Crippen molar-refractivity contribution < 1.29 is 31.2 Å². The Hall–Kier alpha value is -0.420. The second-order valence-corrected chi connectivity index (χ2v) is 3.83. The minimum atomic E-state index is -4.61. The molecule has 0 radical (unpaired) electrons. The molecule has 0 amide bonds. The molecule has 0 aliphatic carbocycles. The number of hydrogen-bond donors (Lipinski definition) is 2. The van der Waals surface area contributed by atoms with Crippen LogP contribution in [0.4, 0.5) is 13.2 Å². The average Bonchev–Trinajstić information content (AvgIpc) is 2.09. The molecule has 0 aromatic carbocycles. The molecule has 0 fully saturated rings. The number of nitrogens with one attached hydrogen (secondary N) is 2. The predicted octanol–water partition coefficient (Wildman–Crippen LogP) is -0.449. The molecule has 0 saturated carbocycles. The first-order valence-corrected chi connectivity index (χ1v) is 5.19. The molecule has 0 unspecified atom stereocenters. The molecule has 0 atom stereocenters. The normalized spacial score (nSPS) is 13.1. The molecular weight excluding hydrogens is 241 g/mol. The lowest BCUT2D eigenvalue weighted by Gasteiger charge is -2.09. The van der Waals surface area contributed by atoms with Crippen molar-refractivity contribution in [2.75, 3.05) is 26.9 Å². The molecule has 0 saturated heterocycles. The zero-order chi connectivity index (χ0) is 11.9. The molecular formula is C5H11F3N2O4S. The Morgan fingerprint density at radius 3 is 2.33 bits per heavy atom. The van der Waals surface area contributed by atoms with Crippen LogP contribution in [0.1, 0.15) is 0 Å². The third-order valence-electron chi connectivity index (χ3n) is 1.02. The first-order chi connectivity index (χ1) is 6.77. The van der Waals surface area contributed by atoms with Gasteiger partial charge in [-0.3, -0.25) is 4.84 Å². The van der Waals surface area contributed by atoms with Crippen molar-refractivity contribution in [3.05, 3.63) is 0 Å². The fourth-order valence-electron chi connectivity index (χ4n) is 0.451. The van der Waals surface area contributed by atoms with Crippen molar-refractivity contribution in [3.8, 4) is 0 Å². The number of halogens is 3. The summed E-state index contributed by atoms with van der Waals surface area (Å²) in [6.45, 7) is -1.65. The number of ether oxygens (including phenoxy) is 1. The van der Waals surface area contributed by atoms with Gasteiger partial charge < -0.3 is 4.74 Å². The Morgan fingerprint density at radius 2 is 1.87 bits per heavy atom. The minimum Gasteiger partial charge on any atom is -0.382 e. The molecule has 0 aromatic heterocycles. The molecule has 92 valence electrons. The van der Waals surface area contributed by atoms with E-state index in [-0.39, 0.29) is 13.2 Å². The summed E-state index contributed by atoms with van der Waals surface area (Å²) < 4.78 is 62.1. The van der Waals surface area contributed by atoms with E-state index in [0.717, 1.165) is 0 Å². The van der Waals surface area contributed by atoms with Crippen molar-refractivity contribution in [2.45, 2.75) is 6.18 Å². The lowest BCUT2D eigenvalue weighted by Crippen LogP contribution is -2.41. The van der Waals surface area contributed by atoms with Crippen LogP contribution in [0, 0.1) is 0 Å². The van der Waals surface area contributed by atoms with Crippen LogP contribution in [-0.4, -0.2) is 41.5 Å². The van der Waals surface area contributed by atoms with E-state index in [1.54, 1.807) is 0 Å². The molecule has 0 aliphatic heterocycles. The van der Waals surface area contributed by atoms with Crippen molar-refractivity contribution >= 4 is 10.2 Å². The first kappa shape index (κ1) is 14.6. The number of hydrogen-bond acceptors (Lipinski definition) is 4. The molecule has 0 rings (SSSR count). The lowest BCUT2D eigenvalue weighted by atomic mass is 10.7. The summed E-state index contributed by atoms with van der Waals surface area (Å²) in [5.74, 6) is 0. The summed E-state index contributed by atoms with van der Waals surface area (Å²) in [7, 11) is -2.93. The van der Waals surface area contributed by atoms with Crippen LogP contribution >= 0.6 is 0 Å². The summed E-state index contributed by atoms with van der Waals surface area (Å²) in [4.78, 5) is 5.76. The van der Waals surface area contributed by atoms with Gasteiger partial charge in [-0.25, -0.2) is 0 Å². The zero-order valence-electron chi connectivity index (χ0n) is 7.80. The van der Waals surface area contributed by atoms with Crippen molar-refractivity contribution in [3.63, 3.8) is 0 Å². The Kier molecular flexibility index (Phi) is 6.05. The summed E-state index contributed by atoms with van der Waals surface area (Å²) in [5.41, 5.74) is 0. The highest BCUT2D eigenvalue weighted by molar-refractivity contribution is 7.87. The Bertz CT molecular complexity index is 266. The maximum atomic E-state index is 11.6. The van der Waals surface area contributed by atoms with Crippen LogP contribution in [0.3, 0.4) is 0 Å². The van der Waals surface area contributed by atoms with E-state index in [2.05, 4.69) is 9.57 Å². The second kappa shape index (κ2) is 6.23. The number of rotatable bonds is 7. The molecule has 10 heteroatoms. The highest BCUT2D eigenvalue weighted by Crippen LogP contribution is 2.12. The lowest BCUT2D eigenvalue weighted by molar-refractivity contribution is -0.121. The van der Waals surface area contributed by atoms with E-state index in [9.17, 15) is 21.6 Å². The van der Waals surface area contributed by atoms with Crippen LogP contribution in [-0.2, 0) is 19.8 Å². The largest absolute Gasteiger partial charge is 0.402 e. The van der Waals surface area contributed by atoms with Gasteiger partial charge in [-0.2, -0.15) is 26.3 Å². The van der Waals surface area contributed by atoms with Crippen molar-refractivity contribution in [1.29, 1.82) is 0 Å². The van der Waals surface area contributed by atoms with Gasteiger partial charge in [0.15, 0.2) is 0 Å². The summed E-state index contributed by atoms with van der Waals surface area (Å²) >= 11 is 0. The molecule has 0 aliphatic rings. The minimum absolute atomic E-state index is 0.108. The van der Waals surface area contributed by atoms with Crippen LogP contribution < -0.4 is 9.61 Å². The van der Waals surface area contributed by atoms with Crippen LogP contribution in [0.15, 0.2) is 0 Å². The van der Waals surface area contributed by atoms with Crippen LogP contribution in [0.2, 0.25) is 0 Å². The third-order valence-corrected chi connectivity index (χ3v) is 1.88. The van der Waals surface area contributed by atoms with Gasteiger partial charge >= 0.3 is 6.18 Å². The predicted molar refractivity (Wildman–Crippen MR) is 43.9 cm³/mol. The molecule has 15 heavy (non-hydrogen) atoms. The van der Waals surface area contributed by atoms with Gasteiger partial charge in [0.25, 0.3) is 10.2 Å².